The van der Waals surface area contributed by atoms with E-state index in [1.54, 1.807) is 13.8 Å². The van der Waals surface area contributed by atoms with E-state index in [4.69, 9.17) is 10.8 Å². The number of nitrogens with one attached hydrogen (secondary N) is 2. The topological polar surface area (TPSA) is 179 Å². The van der Waals surface area contributed by atoms with Gasteiger partial charge in [-0.2, -0.15) is 12.6 Å². The molecule has 6 N–H and O–H groups in total. The second kappa shape index (κ2) is 11.7. The molecule has 1 saturated heterocycles. The summed E-state index contributed by atoms with van der Waals surface area (Å²) in [6.45, 7) is 3.70. The van der Waals surface area contributed by atoms with Crippen molar-refractivity contribution in [2.24, 2.45) is 11.7 Å². The van der Waals surface area contributed by atoms with Crippen LogP contribution in [0.4, 0.5) is 0 Å². The second-order valence-electron chi connectivity index (χ2n) is 7.35. The highest BCUT2D eigenvalue weighted by Gasteiger charge is 2.38. The minimum Gasteiger partial charge on any atom is -0.481 e. The summed E-state index contributed by atoms with van der Waals surface area (Å²) in [4.78, 5) is 61.6. The molecule has 0 aromatic rings. The maximum Gasteiger partial charge on any atom is 0.326 e. The lowest BCUT2D eigenvalue weighted by Crippen LogP contribution is -2.57. The highest BCUT2D eigenvalue weighted by molar-refractivity contribution is 7.80. The Hall–Kier alpha value is -2.34. The van der Waals surface area contributed by atoms with Gasteiger partial charge in [0.05, 0.1) is 12.5 Å². The van der Waals surface area contributed by atoms with Gasteiger partial charge in [-0.1, -0.05) is 20.3 Å². The lowest BCUT2D eigenvalue weighted by molar-refractivity contribution is -0.145. The Morgan fingerprint density at radius 3 is 2.33 bits per heavy atom. The highest BCUT2D eigenvalue weighted by Crippen LogP contribution is 2.19. The van der Waals surface area contributed by atoms with Crippen LogP contribution in [0.15, 0.2) is 0 Å². The van der Waals surface area contributed by atoms with Gasteiger partial charge in [0, 0.05) is 12.3 Å². The molecule has 0 spiro atoms. The Bertz CT molecular complexity index is 675. The molecule has 0 aromatic carbocycles. The van der Waals surface area contributed by atoms with Crippen molar-refractivity contribution >= 4 is 42.3 Å². The number of hydrogen-bond acceptors (Lipinski definition) is 7. The molecule has 1 aliphatic heterocycles. The molecule has 0 radical (unpaired) electrons. The zero-order valence-electron chi connectivity index (χ0n) is 17.0. The molecule has 1 fully saturated rings. The van der Waals surface area contributed by atoms with Crippen molar-refractivity contribution in [1.29, 1.82) is 0 Å². The molecule has 5 atom stereocenters. The minimum absolute atomic E-state index is 0.0971. The predicted octanol–water partition coefficient (Wildman–Crippen LogP) is -1.19. The summed E-state index contributed by atoms with van der Waals surface area (Å²) < 4.78 is 0. The molecule has 0 saturated carbocycles. The van der Waals surface area contributed by atoms with E-state index >= 15 is 0 Å². The van der Waals surface area contributed by atoms with E-state index in [-0.39, 0.29) is 5.75 Å². The van der Waals surface area contributed by atoms with E-state index < -0.39 is 66.2 Å². The molecule has 1 heterocycles. The van der Waals surface area contributed by atoms with Gasteiger partial charge in [0.1, 0.15) is 18.1 Å². The number of thiol groups is 1. The van der Waals surface area contributed by atoms with E-state index in [1.807, 2.05) is 0 Å². The van der Waals surface area contributed by atoms with Crippen molar-refractivity contribution in [1.82, 2.24) is 15.5 Å². The van der Waals surface area contributed by atoms with Crippen molar-refractivity contribution in [3.63, 3.8) is 0 Å². The number of likely N-dealkylation sites (tertiary alicyclic amines) is 1. The summed E-state index contributed by atoms with van der Waals surface area (Å²) >= 11 is 3.98. The fraction of sp³-hybridized carbons (Fsp3) is 0.722. The number of carbonyl (C=O) groups excluding carboxylic acids is 3. The van der Waals surface area contributed by atoms with Crippen LogP contribution in [-0.2, 0) is 24.0 Å². The van der Waals surface area contributed by atoms with E-state index in [0.29, 0.717) is 25.8 Å². The molecule has 12 heteroatoms. The lowest BCUT2D eigenvalue weighted by Gasteiger charge is -2.28. The number of aliphatic carboxylic acids is 2. The molecule has 0 aromatic heterocycles. The van der Waals surface area contributed by atoms with Gasteiger partial charge in [-0.25, -0.2) is 4.79 Å². The van der Waals surface area contributed by atoms with E-state index in [0.717, 1.165) is 0 Å². The van der Waals surface area contributed by atoms with Gasteiger partial charge in [-0.15, -0.1) is 0 Å². The van der Waals surface area contributed by atoms with Crippen molar-refractivity contribution in [3.05, 3.63) is 0 Å². The van der Waals surface area contributed by atoms with Crippen molar-refractivity contribution in [2.45, 2.75) is 63.7 Å². The number of nitrogens with two attached hydrogens (primary N) is 1. The lowest BCUT2D eigenvalue weighted by atomic mass is 9.98. The Kier molecular flexibility index (Phi) is 10.1. The fourth-order valence-corrected chi connectivity index (χ4v) is 3.34. The molecule has 0 aliphatic carbocycles. The maximum atomic E-state index is 12.7. The summed E-state index contributed by atoms with van der Waals surface area (Å²) in [5, 5.41) is 23.1. The number of amides is 3. The summed E-state index contributed by atoms with van der Waals surface area (Å²) in [5.74, 6) is -4.97. The summed E-state index contributed by atoms with van der Waals surface area (Å²) in [6, 6.07) is -4.49. The van der Waals surface area contributed by atoms with Gasteiger partial charge in [0.15, 0.2) is 0 Å². The standard InChI is InChI=1S/C18H30N4O7S/c1-3-9(2)14(18(28)29)21-15(25)11(7-13(23)24)20-16(26)12-5-4-6-22(12)17(27)10(19)8-30/h9-12,14,30H,3-8,19H2,1-2H3,(H,20,26)(H,21,25)(H,23,24)(H,28,29). The van der Waals surface area contributed by atoms with Crippen LogP contribution in [0, 0.1) is 5.92 Å². The summed E-state index contributed by atoms with van der Waals surface area (Å²) in [7, 11) is 0. The average Bonchev–Trinajstić information content (AvgIpc) is 3.18. The normalized spacial score (nSPS) is 20.0. The van der Waals surface area contributed by atoms with Crippen molar-refractivity contribution < 1.29 is 34.2 Å². The first-order valence-corrected chi connectivity index (χ1v) is 10.4. The van der Waals surface area contributed by atoms with E-state index in [2.05, 4.69) is 23.3 Å². The zero-order valence-corrected chi connectivity index (χ0v) is 17.9. The van der Waals surface area contributed by atoms with Gasteiger partial charge in [-0.05, 0) is 18.8 Å². The third kappa shape index (κ3) is 6.87. The molecule has 1 aliphatic rings. The fourth-order valence-electron chi connectivity index (χ4n) is 3.18. The average molecular weight is 447 g/mol. The third-order valence-electron chi connectivity index (χ3n) is 5.14. The van der Waals surface area contributed by atoms with Crippen LogP contribution < -0.4 is 16.4 Å². The molecule has 1 rings (SSSR count). The van der Waals surface area contributed by atoms with E-state index in [1.165, 1.54) is 4.90 Å². The number of rotatable bonds is 11. The first kappa shape index (κ1) is 25.7. The van der Waals surface area contributed by atoms with Gasteiger partial charge < -0.3 is 31.5 Å². The molecule has 5 unspecified atom stereocenters. The zero-order chi connectivity index (χ0) is 23.0. The predicted molar refractivity (Wildman–Crippen MR) is 110 cm³/mol. The number of carbonyl (C=O) groups is 5. The largest absolute Gasteiger partial charge is 0.481 e. The highest BCUT2D eigenvalue weighted by atomic mass is 32.1. The van der Waals surface area contributed by atoms with Crippen molar-refractivity contribution in [3.8, 4) is 0 Å². The molecular formula is C18H30N4O7S. The molecule has 3 amide bonds. The monoisotopic (exact) mass is 446 g/mol. The molecule has 30 heavy (non-hydrogen) atoms. The molecule has 170 valence electrons. The second-order valence-corrected chi connectivity index (χ2v) is 7.71. The first-order valence-electron chi connectivity index (χ1n) is 9.75. The van der Waals surface area contributed by atoms with Crippen LogP contribution in [0.1, 0.15) is 39.5 Å². The molecular weight excluding hydrogens is 416 g/mol. The Balaban J connectivity index is 2.94. The Morgan fingerprint density at radius 2 is 1.83 bits per heavy atom. The summed E-state index contributed by atoms with van der Waals surface area (Å²) in [6.07, 6.45) is 0.621. The summed E-state index contributed by atoms with van der Waals surface area (Å²) in [5.41, 5.74) is 5.70. The maximum absolute atomic E-state index is 12.7. The van der Waals surface area contributed by atoms with E-state index in [9.17, 15) is 29.1 Å². The number of nitrogens with zero attached hydrogens (tertiary/aromatic N) is 1. The minimum atomic E-state index is -1.49. The Labute approximate surface area is 180 Å². The van der Waals surface area contributed by atoms with Crippen LogP contribution in [-0.4, -0.2) is 81.2 Å². The quantitative estimate of drug-likeness (QED) is 0.214. The van der Waals surface area contributed by atoms with Crippen LogP contribution in [0.2, 0.25) is 0 Å². The SMILES string of the molecule is CCC(C)C(NC(=O)C(CC(=O)O)NC(=O)C1CCCN1C(=O)C(N)CS)C(=O)O. The number of carboxylic acids is 2. The van der Waals surface area contributed by atoms with Gasteiger partial charge in [0.25, 0.3) is 0 Å². The Morgan fingerprint density at radius 1 is 1.20 bits per heavy atom. The van der Waals surface area contributed by atoms with Crippen LogP contribution in [0.3, 0.4) is 0 Å². The van der Waals surface area contributed by atoms with Gasteiger partial charge in [-0.3, -0.25) is 19.2 Å². The van der Waals surface area contributed by atoms with Gasteiger partial charge >= 0.3 is 11.9 Å². The van der Waals surface area contributed by atoms with Crippen LogP contribution in [0.5, 0.6) is 0 Å². The van der Waals surface area contributed by atoms with Crippen LogP contribution >= 0.6 is 12.6 Å². The van der Waals surface area contributed by atoms with Gasteiger partial charge in [0.2, 0.25) is 17.7 Å². The third-order valence-corrected chi connectivity index (χ3v) is 5.53. The number of hydrogen-bond donors (Lipinski definition) is 6. The smallest absolute Gasteiger partial charge is 0.326 e. The molecule has 11 nitrogen and oxygen atoms in total. The first-order chi connectivity index (χ1) is 14.0. The molecule has 0 bridgehead atoms. The van der Waals surface area contributed by atoms with Crippen LogP contribution in [0.25, 0.3) is 0 Å². The number of carboxylic acid groups (broad SMARTS) is 2. The van der Waals surface area contributed by atoms with Crippen molar-refractivity contribution in [2.75, 3.05) is 12.3 Å².